The minimum Gasteiger partial charge on any atom is -0.324 e. The number of rotatable bonds is 4. The summed E-state index contributed by atoms with van der Waals surface area (Å²) in [4.78, 5) is 16.4. The largest absolute Gasteiger partial charge is 0.324 e. The molecule has 21 heavy (non-hydrogen) atoms. The zero-order valence-corrected chi connectivity index (χ0v) is 13.6. The zero-order valence-electron chi connectivity index (χ0n) is 11.2. The van der Waals surface area contributed by atoms with Gasteiger partial charge >= 0.3 is 0 Å². The topological polar surface area (TPSA) is 65.8 Å². The second-order valence-electron chi connectivity index (χ2n) is 4.22. The molecule has 0 saturated heterocycles. The number of nitrogens with zero attached hydrogens (tertiary/aromatic N) is 2. The van der Waals surface area contributed by atoms with Gasteiger partial charge in [0, 0.05) is 10.7 Å². The van der Waals surface area contributed by atoms with E-state index in [-0.39, 0.29) is 11.2 Å². The van der Waals surface area contributed by atoms with Gasteiger partial charge in [-0.15, -0.1) is 0 Å². The number of carbonyl (C=O) groups excluding carboxylic acids is 1. The second-order valence-corrected chi connectivity index (χ2v) is 6.50. The molecule has 1 N–H and O–H groups in total. The number of pyridine rings is 1. The number of benzene rings is 1. The van der Waals surface area contributed by atoms with E-state index < -0.39 is 0 Å². The molecule has 2 rings (SSSR count). The first-order chi connectivity index (χ1) is 10.1. The Kier molecular flexibility index (Phi) is 5.37. The van der Waals surface area contributed by atoms with Gasteiger partial charge in [-0.3, -0.25) is 4.79 Å². The molecule has 1 amide bonds. The van der Waals surface area contributed by atoms with Gasteiger partial charge in [0.25, 0.3) is 0 Å². The normalized spacial score (nSPS) is 11.5. The Morgan fingerprint density at radius 2 is 2.14 bits per heavy atom. The summed E-state index contributed by atoms with van der Waals surface area (Å²) < 4.78 is 0.895. The molecule has 106 valence electrons. The number of anilines is 1. The maximum atomic E-state index is 12.2. The van der Waals surface area contributed by atoms with Crippen molar-refractivity contribution in [3.05, 3.63) is 52.6 Å². The van der Waals surface area contributed by atoms with Gasteiger partial charge in [-0.25, -0.2) is 4.98 Å². The van der Waals surface area contributed by atoms with Gasteiger partial charge in [-0.2, -0.15) is 5.26 Å². The summed E-state index contributed by atoms with van der Waals surface area (Å²) in [6.07, 6.45) is 1.69. The number of hydrogen-bond donors (Lipinski definition) is 1. The van der Waals surface area contributed by atoms with Crippen LogP contribution in [0.15, 0.2) is 52.1 Å². The zero-order chi connectivity index (χ0) is 15.2. The van der Waals surface area contributed by atoms with E-state index in [9.17, 15) is 4.79 Å². The highest BCUT2D eigenvalue weighted by molar-refractivity contribution is 9.10. The van der Waals surface area contributed by atoms with Crippen LogP contribution in [0.1, 0.15) is 12.5 Å². The summed E-state index contributed by atoms with van der Waals surface area (Å²) in [5, 5.41) is 12.2. The average molecular weight is 362 g/mol. The summed E-state index contributed by atoms with van der Waals surface area (Å²) >= 11 is 4.69. The molecule has 0 saturated carbocycles. The van der Waals surface area contributed by atoms with Crippen molar-refractivity contribution >= 4 is 39.3 Å². The first kappa shape index (κ1) is 15.5. The maximum Gasteiger partial charge on any atom is 0.237 e. The van der Waals surface area contributed by atoms with Crippen LogP contribution in [0.25, 0.3) is 0 Å². The van der Waals surface area contributed by atoms with Crippen LogP contribution in [0.4, 0.5) is 5.69 Å². The van der Waals surface area contributed by atoms with Crippen LogP contribution >= 0.6 is 27.7 Å². The van der Waals surface area contributed by atoms with Gasteiger partial charge in [0.05, 0.1) is 21.5 Å². The summed E-state index contributed by atoms with van der Waals surface area (Å²) in [5.74, 6) is -0.160. The number of amides is 1. The molecule has 0 radical (unpaired) electrons. The molecule has 0 aliphatic rings. The Morgan fingerprint density at radius 1 is 1.38 bits per heavy atom. The van der Waals surface area contributed by atoms with Gasteiger partial charge in [0.2, 0.25) is 5.91 Å². The van der Waals surface area contributed by atoms with Crippen LogP contribution in [0.2, 0.25) is 0 Å². The Balaban J connectivity index is 2.03. The molecule has 0 fully saturated rings. The number of halogens is 1. The number of nitriles is 1. The third-order valence-corrected chi connectivity index (χ3v) is 4.19. The Bertz CT molecular complexity index is 682. The molecule has 0 bridgehead atoms. The molecule has 1 aromatic carbocycles. The standard InChI is InChI=1S/C15H12BrN3OS/c1-10(21-14-7-6-12(16)9-18-14)15(20)19-13-5-3-2-4-11(13)8-17/h2-7,9-10H,1H3,(H,19,20). The summed E-state index contributed by atoms with van der Waals surface area (Å²) in [6.45, 7) is 1.80. The molecule has 0 aliphatic heterocycles. The Hall–Kier alpha value is -1.84. The lowest BCUT2D eigenvalue weighted by atomic mass is 10.2. The average Bonchev–Trinajstić information content (AvgIpc) is 2.50. The second kappa shape index (κ2) is 7.25. The third kappa shape index (κ3) is 4.31. The molecule has 1 aromatic heterocycles. The minimum atomic E-state index is -0.314. The van der Waals surface area contributed by atoms with Gasteiger partial charge in [-0.05, 0) is 47.1 Å². The first-order valence-electron chi connectivity index (χ1n) is 6.18. The van der Waals surface area contributed by atoms with Crippen molar-refractivity contribution in [2.24, 2.45) is 0 Å². The molecule has 1 atom stereocenters. The Labute approximate surface area is 135 Å². The van der Waals surface area contributed by atoms with Crippen molar-refractivity contribution < 1.29 is 4.79 Å². The van der Waals surface area contributed by atoms with Crippen molar-refractivity contribution in [1.29, 1.82) is 5.26 Å². The van der Waals surface area contributed by atoms with E-state index in [4.69, 9.17) is 5.26 Å². The van der Waals surface area contributed by atoms with Crippen molar-refractivity contribution in [3.63, 3.8) is 0 Å². The van der Waals surface area contributed by atoms with Crippen LogP contribution in [0, 0.1) is 11.3 Å². The highest BCUT2D eigenvalue weighted by Crippen LogP contribution is 2.24. The number of hydrogen-bond acceptors (Lipinski definition) is 4. The van der Waals surface area contributed by atoms with Crippen molar-refractivity contribution in [3.8, 4) is 6.07 Å². The lowest BCUT2D eigenvalue weighted by molar-refractivity contribution is -0.115. The molecule has 1 heterocycles. The highest BCUT2D eigenvalue weighted by atomic mass is 79.9. The van der Waals surface area contributed by atoms with Gasteiger partial charge in [0.1, 0.15) is 6.07 Å². The smallest absolute Gasteiger partial charge is 0.237 e. The monoisotopic (exact) mass is 361 g/mol. The fourth-order valence-electron chi connectivity index (χ4n) is 1.59. The number of carbonyl (C=O) groups is 1. The van der Waals surface area contributed by atoms with Gasteiger partial charge < -0.3 is 5.32 Å². The van der Waals surface area contributed by atoms with E-state index in [2.05, 4.69) is 32.3 Å². The molecular weight excluding hydrogens is 350 g/mol. The fourth-order valence-corrected chi connectivity index (χ4v) is 2.61. The summed E-state index contributed by atoms with van der Waals surface area (Å²) in [7, 11) is 0. The van der Waals surface area contributed by atoms with Gasteiger partial charge in [0.15, 0.2) is 0 Å². The number of nitrogens with one attached hydrogen (secondary N) is 1. The van der Waals surface area contributed by atoms with Crippen molar-refractivity contribution in [2.45, 2.75) is 17.2 Å². The predicted octanol–water partition coefficient (Wildman–Crippen LogP) is 3.84. The summed E-state index contributed by atoms with van der Waals surface area (Å²) in [5.41, 5.74) is 0.978. The van der Waals surface area contributed by atoms with E-state index >= 15 is 0 Å². The Morgan fingerprint density at radius 3 is 2.81 bits per heavy atom. The van der Waals surface area contributed by atoms with E-state index in [1.54, 1.807) is 37.4 Å². The molecule has 6 heteroatoms. The number of aromatic nitrogens is 1. The predicted molar refractivity (Wildman–Crippen MR) is 87.0 cm³/mol. The van der Waals surface area contributed by atoms with Gasteiger partial charge in [-0.1, -0.05) is 23.9 Å². The van der Waals surface area contributed by atoms with E-state index in [0.717, 1.165) is 9.50 Å². The lowest BCUT2D eigenvalue weighted by Gasteiger charge is -2.12. The minimum absolute atomic E-state index is 0.160. The highest BCUT2D eigenvalue weighted by Gasteiger charge is 2.16. The first-order valence-corrected chi connectivity index (χ1v) is 7.85. The molecule has 2 aromatic rings. The number of thioether (sulfide) groups is 1. The van der Waals surface area contributed by atoms with Crippen molar-refractivity contribution in [2.75, 3.05) is 5.32 Å². The van der Waals surface area contributed by atoms with Crippen molar-refractivity contribution in [1.82, 2.24) is 4.98 Å². The molecule has 4 nitrogen and oxygen atoms in total. The molecule has 0 spiro atoms. The van der Waals surface area contributed by atoms with Crippen LogP contribution in [0.5, 0.6) is 0 Å². The number of para-hydroxylation sites is 1. The molecule has 0 aliphatic carbocycles. The van der Waals surface area contributed by atoms with Crippen LogP contribution in [-0.2, 0) is 4.79 Å². The van der Waals surface area contributed by atoms with Crippen LogP contribution < -0.4 is 5.32 Å². The van der Waals surface area contributed by atoms with E-state index in [1.807, 2.05) is 12.1 Å². The van der Waals surface area contributed by atoms with Crippen LogP contribution in [0.3, 0.4) is 0 Å². The summed E-state index contributed by atoms with van der Waals surface area (Å²) in [6, 6.07) is 12.7. The quantitative estimate of drug-likeness (QED) is 0.840. The fraction of sp³-hybridized carbons (Fsp3) is 0.133. The van der Waals surface area contributed by atoms with E-state index in [1.165, 1.54) is 11.8 Å². The molecular formula is C15H12BrN3OS. The third-order valence-electron chi connectivity index (χ3n) is 2.67. The van der Waals surface area contributed by atoms with E-state index in [0.29, 0.717) is 11.3 Å². The SMILES string of the molecule is CC(Sc1ccc(Br)cn1)C(=O)Nc1ccccc1C#N. The molecule has 1 unspecified atom stereocenters. The van der Waals surface area contributed by atoms with Crippen LogP contribution in [-0.4, -0.2) is 16.1 Å². The maximum absolute atomic E-state index is 12.2. The lowest BCUT2D eigenvalue weighted by Crippen LogP contribution is -2.22.